The predicted molar refractivity (Wildman–Crippen MR) is 94.0 cm³/mol. The second kappa shape index (κ2) is 7.01. The van der Waals surface area contributed by atoms with Crippen molar-refractivity contribution in [3.63, 3.8) is 0 Å². The molecule has 2 aromatic rings. The summed E-state index contributed by atoms with van der Waals surface area (Å²) in [6, 6.07) is 15.3. The molecule has 3 nitrogen and oxygen atoms in total. The van der Waals surface area contributed by atoms with Crippen LogP contribution in [0.4, 0.5) is 5.69 Å². The molecule has 1 aliphatic rings. The maximum absolute atomic E-state index is 12.2. The van der Waals surface area contributed by atoms with Crippen LogP contribution < -0.4 is 5.32 Å². The molecule has 0 aromatic heterocycles. The van der Waals surface area contributed by atoms with Gasteiger partial charge >= 0.3 is 0 Å². The SMILES string of the molecule is Cc1ccc(C(=O)CSc2cccc(NC(=O)C3CC3)c2)cc1. The van der Waals surface area contributed by atoms with E-state index in [-0.39, 0.29) is 17.6 Å². The molecule has 0 heterocycles. The van der Waals surface area contributed by atoms with Crippen molar-refractivity contribution in [1.29, 1.82) is 0 Å². The van der Waals surface area contributed by atoms with Crippen LogP contribution >= 0.6 is 11.8 Å². The largest absolute Gasteiger partial charge is 0.326 e. The second-order valence-electron chi connectivity index (χ2n) is 5.87. The fraction of sp³-hybridized carbons (Fsp3) is 0.263. The summed E-state index contributed by atoms with van der Waals surface area (Å²) in [7, 11) is 0. The molecule has 0 atom stereocenters. The van der Waals surface area contributed by atoms with Crippen LogP contribution in [0.25, 0.3) is 0 Å². The predicted octanol–water partition coefficient (Wildman–Crippen LogP) is 4.32. The minimum Gasteiger partial charge on any atom is -0.326 e. The first kappa shape index (κ1) is 15.8. The molecule has 0 bridgehead atoms. The van der Waals surface area contributed by atoms with Gasteiger partial charge in [0, 0.05) is 22.1 Å². The van der Waals surface area contributed by atoms with E-state index in [1.165, 1.54) is 11.8 Å². The van der Waals surface area contributed by atoms with Crippen molar-refractivity contribution >= 4 is 29.1 Å². The summed E-state index contributed by atoms with van der Waals surface area (Å²) in [6.45, 7) is 2.00. The van der Waals surface area contributed by atoms with Crippen LogP contribution in [0.15, 0.2) is 53.4 Å². The Balaban J connectivity index is 1.58. The van der Waals surface area contributed by atoms with Crippen LogP contribution in [-0.2, 0) is 4.79 Å². The summed E-state index contributed by atoms with van der Waals surface area (Å²) in [5, 5.41) is 2.93. The number of benzene rings is 2. The standard InChI is InChI=1S/C19H19NO2S/c1-13-5-7-14(8-6-13)18(21)12-23-17-4-2-3-16(11-17)20-19(22)15-9-10-15/h2-8,11,15H,9-10,12H2,1H3,(H,20,22). The lowest BCUT2D eigenvalue weighted by Crippen LogP contribution is -2.13. The van der Waals surface area contributed by atoms with Crippen molar-refractivity contribution in [3.8, 4) is 0 Å². The van der Waals surface area contributed by atoms with Gasteiger partial charge in [-0.2, -0.15) is 0 Å². The fourth-order valence-electron chi connectivity index (χ4n) is 2.23. The quantitative estimate of drug-likeness (QED) is 0.635. The van der Waals surface area contributed by atoms with Crippen molar-refractivity contribution in [1.82, 2.24) is 0 Å². The van der Waals surface area contributed by atoms with Crippen molar-refractivity contribution in [2.75, 3.05) is 11.1 Å². The van der Waals surface area contributed by atoms with Gasteiger partial charge in [0.05, 0.1) is 5.75 Å². The van der Waals surface area contributed by atoms with Crippen LogP contribution in [0.2, 0.25) is 0 Å². The lowest BCUT2D eigenvalue weighted by Gasteiger charge is -2.07. The number of aryl methyl sites for hydroxylation is 1. The van der Waals surface area contributed by atoms with E-state index in [1.54, 1.807) is 0 Å². The minimum atomic E-state index is 0.0999. The third-order valence-electron chi connectivity index (χ3n) is 3.79. The zero-order valence-electron chi connectivity index (χ0n) is 13.0. The number of nitrogens with one attached hydrogen (secondary N) is 1. The molecule has 2 aromatic carbocycles. The van der Waals surface area contributed by atoms with E-state index < -0.39 is 0 Å². The number of thioether (sulfide) groups is 1. The normalized spacial score (nSPS) is 13.6. The monoisotopic (exact) mass is 325 g/mol. The molecule has 1 aliphatic carbocycles. The summed E-state index contributed by atoms with van der Waals surface area (Å²) in [5.41, 5.74) is 2.68. The highest BCUT2D eigenvalue weighted by molar-refractivity contribution is 8.00. The third kappa shape index (κ3) is 4.45. The molecule has 1 saturated carbocycles. The Kier molecular flexibility index (Phi) is 4.82. The summed E-state index contributed by atoms with van der Waals surface area (Å²) < 4.78 is 0. The lowest BCUT2D eigenvalue weighted by atomic mass is 10.1. The van der Waals surface area contributed by atoms with Crippen molar-refractivity contribution in [2.24, 2.45) is 5.92 Å². The van der Waals surface area contributed by atoms with E-state index in [9.17, 15) is 9.59 Å². The highest BCUT2D eigenvalue weighted by Gasteiger charge is 2.29. The molecular weight excluding hydrogens is 306 g/mol. The molecule has 1 fully saturated rings. The fourth-order valence-corrected chi connectivity index (χ4v) is 3.07. The molecule has 0 saturated heterocycles. The first-order valence-corrected chi connectivity index (χ1v) is 8.74. The van der Waals surface area contributed by atoms with Gasteiger partial charge in [-0.05, 0) is 38.0 Å². The Morgan fingerprint density at radius 1 is 1.13 bits per heavy atom. The topological polar surface area (TPSA) is 46.2 Å². The van der Waals surface area contributed by atoms with Gasteiger partial charge in [0.15, 0.2) is 5.78 Å². The maximum Gasteiger partial charge on any atom is 0.227 e. The number of ketones is 1. The van der Waals surface area contributed by atoms with E-state index in [2.05, 4.69) is 5.32 Å². The van der Waals surface area contributed by atoms with Crippen LogP contribution in [0.1, 0.15) is 28.8 Å². The summed E-state index contributed by atoms with van der Waals surface area (Å²) in [6.07, 6.45) is 1.98. The Bertz CT molecular complexity index is 720. The molecule has 0 aliphatic heterocycles. The smallest absolute Gasteiger partial charge is 0.227 e. The number of hydrogen-bond acceptors (Lipinski definition) is 3. The molecule has 3 rings (SSSR count). The first-order chi connectivity index (χ1) is 11.1. The van der Waals surface area contributed by atoms with Gasteiger partial charge in [0.25, 0.3) is 0 Å². The molecule has 0 spiro atoms. The second-order valence-corrected chi connectivity index (χ2v) is 6.92. The Labute approximate surface area is 140 Å². The highest BCUT2D eigenvalue weighted by Crippen LogP contribution is 2.30. The van der Waals surface area contributed by atoms with Crippen molar-refractivity contribution < 1.29 is 9.59 Å². The highest BCUT2D eigenvalue weighted by atomic mass is 32.2. The van der Waals surface area contributed by atoms with Gasteiger partial charge in [0.1, 0.15) is 0 Å². The number of amides is 1. The van der Waals surface area contributed by atoms with Crippen molar-refractivity contribution in [3.05, 3.63) is 59.7 Å². The van der Waals surface area contributed by atoms with Gasteiger partial charge < -0.3 is 5.32 Å². The number of Topliss-reactive ketones (excluding diaryl/α,β-unsaturated/α-hetero) is 1. The molecule has 1 amide bonds. The molecular formula is C19H19NO2S. The Morgan fingerprint density at radius 2 is 1.87 bits per heavy atom. The first-order valence-electron chi connectivity index (χ1n) is 7.75. The van der Waals surface area contributed by atoms with E-state index in [0.717, 1.165) is 34.6 Å². The molecule has 0 radical (unpaired) electrons. The number of carbonyl (C=O) groups is 2. The summed E-state index contributed by atoms with van der Waals surface area (Å²) in [5.74, 6) is 0.794. The van der Waals surface area contributed by atoms with Gasteiger partial charge in [-0.1, -0.05) is 35.9 Å². The lowest BCUT2D eigenvalue weighted by molar-refractivity contribution is -0.117. The minimum absolute atomic E-state index is 0.0999. The van der Waals surface area contributed by atoms with Crippen LogP contribution in [0.3, 0.4) is 0 Å². The summed E-state index contributed by atoms with van der Waals surface area (Å²) in [4.78, 5) is 25.0. The van der Waals surface area contributed by atoms with Gasteiger partial charge in [-0.3, -0.25) is 9.59 Å². The van der Waals surface area contributed by atoms with Gasteiger partial charge in [-0.25, -0.2) is 0 Å². The molecule has 4 heteroatoms. The van der Waals surface area contributed by atoms with E-state index in [0.29, 0.717) is 5.75 Å². The average Bonchev–Trinajstić information content (AvgIpc) is 3.38. The van der Waals surface area contributed by atoms with Crippen LogP contribution in [0, 0.1) is 12.8 Å². The average molecular weight is 325 g/mol. The van der Waals surface area contributed by atoms with Crippen molar-refractivity contribution in [2.45, 2.75) is 24.7 Å². The van der Waals surface area contributed by atoms with Crippen LogP contribution in [0.5, 0.6) is 0 Å². The van der Waals surface area contributed by atoms with E-state index in [4.69, 9.17) is 0 Å². The molecule has 118 valence electrons. The Hall–Kier alpha value is -2.07. The third-order valence-corrected chi connectivity index (χ3v) is 4.79. The number of anilines is 1. The number of rotatable bonds is 6. The maximum atomic E-state index is 12.2. The number of carbonyl (C=O) groups excluding carboxylic acids is 2. The van der Waals surface area contributed by atoms with Gasteiger partial charge in [0.2, 0.25) is 5.91 Å². The van der Waals surface area contributed by atoms with Crippen LogP contribution in [-0.4, -0.2) is 17.4 Å². The van der Waals surface area contributed by atoms with Gasteiger partial charge in [-0.15, -0.1) is 11.8 Å². The molecule has 23 heavy (non-hydrogen) atoms. The zero-order valence-corrected chi connectivity index (χ0v) is 13.9. The molecule has 0 unspecified atom stereocenters. The zero-order chi connectivity index (χ0) is 16.2. The van der Waals surface area contributed by atoms with E-state index in [1.807, 2.05) is 55.5 Å². The number of hydrogen-bond donors (Lipinski definition) is 1. The van der Waals surface area contributed by atoms with E-state index >= 15 is 0 Å². The Morgan fingerprint density at radius 3 is 2.57 bits per heavy atom. The summed E-state index contributed by atoms with van der Waals surface area (Å²) >= 11 is 1.49. The molecule has 1 N–H and O–H groups in total.